The van der Waals surface area contributed by atoms with E-state index in [2.05, 4.69) is 0 Å². The van der Waals surface area contributed by atoms with Crippen molar-refractivity contribution in [3.05, 3.63) is 82.9 Å². The van der Waals surface area contributed by atoms with E-state index in [1.807, 2.05) is 42.5 Å². The van der Waals surface area contributed by atoms with E-state index >= 15 is 0 Å². The molecule has 3 aromatic carbocycles. The lowest BCUT2D eigenvalue weighted by molar-refractivity contribution is -0.137. The number of nitrogens with two attached hydrogens (primary N) is 1. The quantitative estimate of drug-likeness (QED) is 0.455. The Hall–Kier alpha value is -3.88. The van der Waals surface area contributed by atoms with E-state index in [0.717, 1.165) is 16.7 Å². The highest BCUT2D eigenvalue weighted by Crippen LogP contribution is 2.32. The predicted octanol–water partition coefficient (Wildman–Crippen LogP) is 3.81. The Labute approximate surface area is 213 Å². The van der Waals surface area contributed by atoms with E-state index in [4.69, 9.17) is 27.2 Å². The molecule has 0 aliphatic carbocycles. The van der Waals surface area contributed by atoms with Crippen molar-refractivity contribution in [3.8, 4) is 16.9 Å². The molecule has 0 fully saturated rings. The van der Waals surface area contributed by atoms with Gasteiger partial charge in [-0.15, -0.1) is 0 Å². The van der Waals surface area contributed by atoms with Gasteiger partial charge in [0.1, 0.15) is 18.9 Å². The van der Waals surface area contributed by atoms with Gasteiger partial charge in [-0.2, -0.15) is 0 Å². The Kier molecular flexibility index (Phi) is 7.87. The number of hydrogen-bond donors (Lipinski definition) is 2. The van der Waals surface area contributed by atoms with Crippen molar-refractivity contribution in [1.29, 1.82) is 0 Å². The number of halogens is 1. The van der Waals surface area contributed by atoms with Gasteiger partial charge in [-0.1, -0.05) is 41.9 Å². The van der Waals surface area contributed by atoms with Crippen LogP contribution in [-0.4, -0.2) is 54.0 Å². The van der Waals surface area contributed by atoms with Gasteiger partial charge in [0.25, 0.3) is 5.91 Å². The van der Waals surface area contributed by atoms with Crippen molar-refractivity contribution >= 4 is 35.1 Å². The third kappa shape index (κ3) is 5.84. The molecule has 0 spiro atoms. The van der Waals surface area contributed by atoms with Crippen molar-refractivity contribution in [1.82, 2.24) is 4.90 Å². The van der Waals surface area contributed by atoms with Crippen molar-refractivity contribution in [2.24, 2.45) is 5.73 Å². The first-order chi connectivity index (χ1) is 17.4. The van der Waals surface area contributed by atoms with Crippen LogP contribution in [0.15, 0.2) is 66.7 Å². The second kappa shape index (κ2) is 11.2. The maximum atomic E-state index is 13.5. The van der Waals surface area contributed by atoms with Gasteiger partial charge in [0.05, 0.1) is 24.2 Å². The van der Waals surface area contributed by atoms with Crippen LogP contribution in [0.3, 0.4) is 0 Å². The van der Waals surface area contributed by atoms with Crippen LogP contribution in [0.25, 0.3) is 11.1 Å². The van der Waals surface area contributed by atoms with Crippen LogP contribution in [-0.2, 0) is 16.1 Å². The van der Waals surface area contributed by atoms with Crippen molar-refractivity contribution in [3.63, 3.8) is 0 Å². The fraction of sp³-hybridized carbons (Fsp3) is 0.222. The molecule has 186 valence electrons. The smallest absolute Gasteiger partial charge is 0.305 e. The van der Waals surface area contributed by atoms with E-state index in [9.17, 15) is 14.4 Å². The van der Waals surface area contributed by atoms with Gasteiger partial charge in [-0.05, 0) is 53.1 Å². The number of rotatable bonds is 9. The molecule has 36 heavy (non-hydrogen) atoms. The number of hydrogen-bond acceptors (Lipinski definition) is 5. The summed E-state index contributed by atoms with van der Waals surface area (Å²) in [4.78, 5) is 40.8. The highest BCUT2D eigenvalue weighted by atomic mass is 35.5. The molecule has 0 bridgehead atoms. The third-order valence-electron chi connectivity index (χ3n) is 5.86. The first-order valence-electron chi connectivity index (χ1n) is 11.5. The van der Waals surface area contributed by atoms with E-state index in [-0.39, 0.29) is 37.9 Å². The number of carbonyl (C=O) groups excluding carboxylic acids is 2. The van der Waals surface area contributed by atoms with Gasteiger partial charge in [-0.25, -0.2) is 0 Å². The molecule has 0 aromatic heterocycles. The summed E-state index contributed by atoms with van der Waals surface area (Å²) in [7, 11) is 0. The normalized spacial score (nSPS) is 13.4. The maximum Gasteiger partial charge on any atom is 0.305 e. The van der Waals surface area contributed by atoms with Gasteiger partial charge in [0.2, 0.25) is 5.91 Å². The Morgan fingerprint density at radius 1 is 1.00 bits per heavy atom. The molecule has 0 saturated heterocycles. The number of carboxylic acid groups (broad SMARTS) is 1. The summed E-state index contributed by atoms with van der Waals surface area (Å²) >= 11 is 6.01. The molecule has 1 heterocycles. The Balaban J connectivity index is 1.71. The SMILES string of the molecule is NCCOc1ccc(-c2ccc3c(c2)C(=O)N(CCC(=O)O)CC(=O)N3Cc2ccc(Cl)cc2)cc1. The Morgan fingerprint density at radius 2 is 1.69 bits per heavy atom. The van der Waals surface area contributed by atoms with Crippen LogP contribution in [0.1, 0.15) is 22.3 Å². The van der Waals surface area contributed by atoms with E-state index < -0.39 is 5.97 Å². The second-order valence-corrected chi connectivity index (χ2v) is 8.81. The summed E-state index contributed by atoms with van der Waals surface area (Å²) in [5.41, 5.74) is 8.79. The number of benzene rings is 3. The topological polar surface area (TPSA) is 113 Å². The fourth-order valence-corrected chi connectivity index (χ4v) is 4.15. The molecule has 0 unspecified atom stereocenters. The van der Waals surface area contributed by atoms with Crippen LogP contribution in [0, 0.1) is 0 Å². The maximum absolute atomic E-state index is 13.5. The zero-order valence-corrected chi connectivity index (χ0v) is 20.3. The number of anilines is 1. The van der Waals surface area contributed by atoms with Crippen LogP contribution in [0.4, 0.5) is 5.69 Å². The molecule has 0 saturated carbocycles. The lowest BCUT2D eigenvalue weighted by Gasteiger charge is -2.23. The number of aliphatic carboxylic acids is 1. The van der Waals surface area contributed by atoms with Gasteiger partial charge in [0, 0.05) is 18.1 Å². The van der Waals surface area contributed by atoms with Crippen molar-refractivity contribution in [2.45, 2.75) is 13.0 Å². The number of carboxylic acids is 1. The highest BCUT2D eigenvalue weighted by molar-refractivity contribution is 6.30. The fourth-order valence-electron chi connectivity index (χ4n) is 4.02. The van der Waals surface area contributed by atoms with Gasteiger partial charge >= 0.3 is 5.97 Å². The van der Waals surface area contributed by atoms with Gasteiger partial charge < -0.3 is 25.4 Å². The average Bonchev–Trinajstić information content (AvgIpc) is 2.97. The molecular weight excluding hydrogens is 482 g/mol. The molecule has 8 nitrogen and oxygen atoms in total. The number of amides is 2. The lowest BCUT2D eigenvalue weighted by Crippen LogP contribution is -2.40. The lowest BCUT2D eigenvalue weighted by atomic mass is 10.0. The Bertz CT molecular complexity index is 1260. The summed E-state index contributed by atoms with van der Waals surface area (Å²) in [6.07, 6.45) is -0.254. The number of carbonyl (C=O) groups is 3. The molecule has 1 aliphatic heterocycles. The molecule has 1 aliphatic rings. The van der Waals surface area contributed by atoms with E-state index in [1.54, 1.807) is 29.2 Å². The summed E-state index contributed by atoms with van der Waals surface area (Å²) in [5.74, 6) is -1.03. The minimum absolute atomic E-state index is 0.0640. The summed E-state index contributed by atoms with van der Waals surface area (Å²) < 4.78 is 5.53. The molecular formula is C27H26ClN3O5. The van der Waals surface area contributed by atoms with Crippen LogP contribution in [0.5, 0.6) is 5.75 Å². The minimum atomic E-state index is -1.04. The molecule has 0 radical (unpaired) electrons. The molecule has 0 atom stereocenters. The van der Waals surface area contributed by atoms with E-state index in [0.29, 0.717) is 35.2 Å². The van der Waals surface area contributed by atoms with Crippen LogP contribution < -0.4 is 15.4 Å². The summed E-state index contributed by atoms with van der Waals surface area (Å²) in [6, 6.07) is 19.9. The number of ether oxygens (including phenoxy) is 1. The zero-order chi connectivity index (χ0) is 25.7. The average molecular weight is 508 g/mol. The highest BCUT2D eigenvalue weighted by Gasteiger charge is 2.32. The van der Waals surface area contributed by atoms with E-state index in [1.165, 1.54) is 4.90 Å². The Morgan fingerprint density at radius 3 is 2.36 bits per heavy atom. The summed E-state index contributed by atoms with van der Waals surface area (Å²) in [6.45, 7) is 0.798. The van der Waals surface area contributed by atoms with Crippen molar-refractivity contribution < 1.29 is 24.2 Å². The largest absolute Gasteiger partial charge is 0.492 e. The minimum Gasteiger partial charge on any atom is -0.492 e. The first kappa shape index (κ1) is 25.2. The monoisotopic (exact) mass is 507 g/mol. The summed E-state index contributed by atoms with van der Waals surface area (Å²) in [5, 5.41) is 9.72. The van der Waals surface area contributed by atoms with Gasteiger partial charge in [-0.3, -0.25) is 14.4 Å². The zero-order valence-electron chi connectivity index (χ0n) is 19.5. The molecule has 2 amide bonds. The van der Waals surface area contributed by atoms with Crippen molar-refractivity contribution in [2.75, 3.05) is 31.1 Å². The second-order valence-electron chi connectivity index (χ2n) is 8.37. The molecule has 3 aromatic rings. The molecule has 4 rings (SSSR count). The molecule has 3 N–H and O–H groups in total. The standard InChI is InChI=1S/C27H26ClN3O5/c28-21-6-1-18(2-7-21)16-31-24-10-5-20(19-3-8-22(9-4-19)36-14-12-29)15-23(24)27(35)30(17-25(31)32)13-11-26(33)34/h1-10,15H,11-14,16-17,29H2,(H,33,34). The first-order valence-corrected chi connectivity index (χ1v) is 11.9. The van der Waals surface area contributed by atoms with Gasteiger partial charge in [0.15, 0.2) is 0 Å². The predicted molar refractivity (Wildman–Crippen MR) is 137 cm³/mol. The molecule has 9 heteroatoms. The number of nitrogens with zero attached hydrogens (tertiary/aromatic N) is 2. The number of fused-ring (bicyclic) bond motifs is 1. The van der Waals surface area contributed by atoms with Crippen LogP contribution >= 0.6 is 11.6 Å². The third-order valence-corrected chi connectivity index (χ3v) is 6.11. The van der Waals surface area contributed by atoms with Crippen LogP contribution in [0.2, 0.25) is 5.02 Å².